The third-order valence-corrected chi connectivity index (χ3v) is 5.18. The molecule has 172 valence electrons. The minimum absolute atomic E-state index is 0.309. The van der Waals surface area contributed by atoms with Crippen molar-refractivity contribution in [2.75, 3.05) is 26.8 Å². The van der Waals surface area contributed by atoms with Crippen LogP contribution in [0.4, 0.5) is 0 Å². The average Bonchev–Trinajstić information content (AvgIpc) is 3.04. The molecule has 3 rings (SSSR count). The van der Waals surface area contributed by atoms with Gasteiger partial charge in [-0.05, 0) is 49.6 Å². The first-order valence-electron chi connectivity index (χ1n) is 11.1. The standard InChI is InChI=1S/C26H35N3O3/c1-19(2)15-28(16-23(30)18-31-5)17-25-21(4)27-29(22-11-7-6-8-12-22)26(25)32-24-13-9-10-20(3)14-24/h6-14,19,23,30H,15-18H2,1-5H3/t23-/m0/s1. The number of para-hydroxylation sites is 1. The lowest BCUT2D eigenvalue weighted by Gasteiger charge is -2.26. The maximum atomic E-state index is 10.4. The molecular formula is C26H35N3O3. The third kappa shape index (κ3) is 6.42. The molecule has 0 aliphatic heterocycles. The average molecular weight is 438 g/mol. The van der Waals surface area contributed by atoms with E-state index in [1.54, 1.807) is 7.11 Å². The Labute approximate surface area is 191 Å². The molecule has 0 aliphatic carbocycles. The van der Waals surface area contributed by atoms with Gasteiger partial charge in [-0.2, -0.15) is 5.10 Å². The van der Waals surface area contributed by atoms with Gasteiger partial charge in [-0.25, -0.2) is 4.68 Å². The van der Waals surface area contributed by atoms with Crippen molar-refractivity contribution in [3.05, 3.63) is 71.4 Å². The number of benzene rings is 2. The Hall–Kier alpha value is -2.67. The molecule has 1 heterocycles. The molecule has 32 heavy (non-hydrogen) atoms. The second-order valence-electron chi connectivity index (χ2n) is 8.73. The van der Waals surface area contributed by atoms with Crippen molar-refractivity contribution in [2.24, 2.45) is 5.92 Å². The fraction of sp³-hybridized carbons (Fsp3) is 0.423. The minimum atomic E-state index is -0.552. The molecule has 0 amide bonds. The van der Waals surface area contributed by atoms with Gasteiger partial charge in [0.1, 0.15) is 5.75 Å². The summed E-state index contributed by atoms with van der Waals surface area (Å²) in [6.07, 6.45) is -0.552. The van der Waals surface area contributed by atoms with Gasteiger partial charge in [0.25, 0.3) is 0 Å². The first kappa shape index (κ1) is 24.0. The first-order chi connectivity index (χ1) is 15.4. The van der Waals surface area contributed by atoms with Crippen LogP contribution in [-0.2, 0) is 11.3 Å². The summed E-state index contributed by atoms with van der Waals surface area (Å²) in [6.45, 7) is 10.7. The van der Waals surface area contributed by atoms with Crippen LogP contribution in [0.3, 0.4) is 0 Å². The van der Waals surface area contributed by atoms with Gasteiger partial charge in [-0.1, -0.05) is 44.2 Å². The van der Waals surface area contributed by atoms with E-state index in [0.29, 0.717) is 31.5 Å². The summed E-state index contributed by atoms with van der Waals surface area (Å²) in [5, 5.41) is 15.2. The number of aromatic nitrogens is 2. The Kier molecular flexibility index (Phi) is 8.45. The van der Waals surface area contributed by atoms with Gasteiger partial charge in [0.05, 0.1) is 29.7 Å². The molecule has 0 saturated carbocycles. The van der Waals surface area contributed by atoms with Crippen LogP contribution in [-0.4, -0.2) is 52.7 Å². The second-order valence-corrected chi connectivity index (χ2v) is 8.73. The smallest absolute Gasteiger partial charge is 0.227 e. The van der Waals surface area contributed by atoms with Crippen LogP contribution in [0.1, 0.15) is 30.7 Å². The Morgan fingerprint density at radius 1 is 1.03 bits per heavy atom. The van der Waals surface area contributed by atoms with Crippen LogP contribution >= 0.6 is 0 Å². The summed E-state index contributed by atoms with van der Waals surface area (Å²) in [4.78, 5) is 2.25. The highest BCUT2D eigenvalue weighted by Gasteiger charge is 2.23. The van der Waals surface area contributed by atoms with Gasteiger partial charge >= 0.3 is 0 Å². The van der Waals surface area contributed by atoms with Crippen molar-refractivity contribution < 1.29 is 14.6 Å². The SMILES string of the molecule is COC[C@@H](O)CN(Cc1c(C)nn(-c2ccccc2)c1Oc1cccc(C)c1)CC(C)C. The van der Waals surface area contributed by atoms with Crippen molar-refractivity contribution in [3.63, 3.8) is 0 Å². The molecule has 0 radical (unpaired) electrons. The highest BCUT2D eigenvalue weighted by molar-refractivity contribution is 5.43. The van der Waals surface area contributed by atoms with Crippen LogP contribution in [0.25, 0.3) is 5.69 Å². The normalized spacial score (nSPS) is 12.5. The van der Waals surface area contributed by atoms with Gasteiger partial charge < -0.3 is 14.6 Å². The Morgan fingerprint density at radius 2 is 1.78 bits per heavy atom. The maximum Gasteiger partial charge on any atom is 0.227 e. The number of aryl methyl sites for hydroxylation is 2. The molecule has 6 nitrogen and oxygen atoms in total. The van der Waals surface area contributed by atoms with Gasteiger partial charge in [-0.3, -0.25) is 4.90 Å². The number of ether oxygens (including phenoxy) is 2. The van der Waals surface area contributed by atoms with E-state index < -0.39 is 6.10 Å². The Morgan fingerprint density at radius 3 is 2.44 bits per heavy atom. The molecule has 2 aromatic carbocycles. The maximum absolute atomic E-state index is 10.4. The number of aliphatic hydroxyl groups is 1. The number of hydrogen-bond donors (Lipinski definition) is 1. The Bertz CT molecular complexity index is 985. The molecule has 1 atom stereocenters. The Balaban J connectivity index is 2.00. The first-order valence-corrected chi connectivity index (χ1v) is 11.1. The zero-order valence-corrected chi connectivity index (χ0v) is 19.8. The van der Waals surface area contributed by atoms with E-state index in [2.05, 4.69) is 31.7 Å². The van der Waals surface area contributed by atoms with E-state index in [4.69, 9.17) is 14.6 Å². The zero-order valence-electron chi connectivity index (χ0n) is 19.8. The van der Waals surface area contributed by atoms with Crippen molar-refractivity contribution >= 4 is 0 Å². The van der Waals surface area contributed by atoms with Crippen LogP contribution < -0.4 is 4.74 Å². The van der Waals surface area contributed by atoms with Gasteiger partial charge in [0.2, 0.25) is 5.88 Å². The molecule has 3 aromatic rings. The highest BCUT2D eigenvalue weighted by Crippen LogP contribution is 2.32. The van der Waals surface area contributed by atoms with E-state index in [9.17, 15) is 5.11 Å². The molecule has 1 aromatic heterocycles. The number of aliphatic hydroxyl groups excluding tert-OH is 1. The molecule has 0 bridgehead atoms. The van der Waals surface area contributed by atoms with E-state index >= 15 is 0 Å². The monoisotopic (exact) mass is 437 g/mol. The lowest BCUT2D eigenvalue weighted by Crippen LogP contribution is -2.36. The molecule has 0 spiro atoms. The van der Waals surface area contributed by atoms with Crippen molar-refractivity contribution in [3.8, 4) is 17.3 Å². The van der Waals surface area contributed by atoms with E-state index in [1.807, 2.05) is 60.1 Å². The summed E-state index contributed by atoms with van der Waals surface area (Å²) in [5.74, 6) is 1.93. The number of nitrogens with zero attached hydrogens (tertiary/aromatic N) is 3. The van der Waals surface area contributed by atoms with E-state index in [-0.39, 0.29) is 0 Å². The minimum Gasteiger partial charge on any atom is -0.439 e. The summed E-state index contributed by atoms with van der Waals surface area (Å²) in [6, 6.07) is 18.0. The molecule has 0 fully saturated rings. The quantitative estimate of drug-likeness (QED) is 0.469. The number of rotatable bonds is 11. The summed E-state index contributed by atoms with van der Waals surface area (Å²) in [5.41, 5.74) is 4.00. The summed E-state index contributed by atoms with van der Waals surface area (Å²) < 4.78 is 13.5. The lowest BCUT2D eigenvalue weighted by molar-refractivity contribution is 0.0329. The molecule has 0 saturated heterocycles. The highest BCUT2D eigenvalue weighted by atomic mass is 16.5. The van der Waals surface area contributed by atoms with Crippen LogP contribution in [0.5, 0.6) is 11.6 Å². The molecule has 1 N–H and O–H groups in total. The molecule has 0 unspecified atom stereocenters. The van der Waals surface area contributed by atoms with Gasteiger partial charge in [-0.15, -0.1) is 0 Å². The summed E-state index contributed by atoms with van der Waals surface area (Å²) in [7, 11) is 1.61. The molecular weight excluding hydrogens is 402 g/mol. The van der Waals surface area contributed by atoms with Crippen LogP contribution in [0, 0.1) is 19.8 Å². The second kappa shape index (κ2) is 11.3. The number of hydrogen-bond acceptors (Lipinski definition) is 5. The van der Waals surface area contributed by atoms with Crippen molar-refractivity contribution in [1.29, 1.82) is 0 Å². The topological polar surface area (TPSA) is 59.8 Å². The van der Waals surface area contributed by atoms with Crippen molar-refractivity contribution in [2.45, 2.75) is 40.3 Å². The number of methoxy groups -OCH3 is 1. The van der Waals surface area contributed by atoms with E-state index in [0.717, 1.165) is 34.8 Å². The fourth-order valence-corrected chi connectivity index (χ4v) is 3.85. The predicted molar refractivity (Wildman–Crippen MR) is 128 cm³/mol. The van der Waals surface area contributed by atoms with Gasteiger partial charge in [0, 0.05) is 26.7 Å². The molecule has 6 heteroatoms. The largest absolute Gasteiger partial charge is 0.439 e. The summed E-state index contributed by atoms with van der Waals surface area (Å²) >= 11 is 0. The zero-order chi connectivity index (χ0) is 23.1. The van der Waals surface area contributed by atoms with Gasteiger partial charge in [0.15, 0.2) is 0 Å². The van der Waals surface area contributed by atoms with Crippen LogP contribution in [0.15, 0.2) is 54.6 Å². The van der Waals surface area contributed by atoms with Crippen LogP contribution in [0.2, 0.25) is 0 Å². The van der Waals surface area contributed by atoms with Crippen molar-refractivity contribution in [1.82, 2.24) is 14.7 Å². The molecule has 0 aliphatic rings. The van der Waals surface area contributed by atoms with E-state index in [1.165, 1.54) is 0 Å². The predicted octanol–water partition coefficient (Wildman–Crippen LogP) is 4.75. The lowest BCUT2D eigenvalue weighted by atomic mass is 10.1. The fourth-order valence-electron chi connectivity index (χ4n) is 3.85. The third-order valence-electron chi connectivity index (χ3n) is 5.18.